The predicted octanol–water partition coefficient (Wildman–Crippen LogP) is 4.25. The summed E-state index contributed by atoms with van der Waals surface area (Å²) in [5.41, 5.74) is 5.21. The van der Waals surface area contributed by atoms with Crippen LogP contribution < -0.4 is 15.5 Å². The van der Waals surface area contributed by atoms with Crippen LogP contribution in [0.5, 0.6) is 5.75 Å². The number of carbonyl (C=O) groups is 1. The lowest BCUT2D eigenvalue weighted by Gasteiger charge is -2.33. The van der Waals surface area contributed by atoms with Crippen molar-refractivity contribution in [3.8, 4) is 5.75 Å². The number of amides is 1. The fourth-order valence-electron chi connectivity index (χ4n) is 3.50. The first-order chi connectivity index (χ1) is 15.8. The third kappa shape index (κ3) is 4.31. The average molecular weight is 444 g/mol. The highest BCUT2D eigenvalue weighted by molar-refractivity contribution is 8.00. The van der Waals surface area contributed by atoms with E-state index >= 15 is 0 Å². The third-order valence-electron chi connectivity index (χ3n) is 5.07. The molecule has 5 rings (SSSR count). The minimum Gasteiger partial charge on any atom is -0.486 e. The topological polar surface area (TPSA) is 81.1 Å². The van der Waals surface area contributed by atoms with Crippen LogP contribution in [-0.2, 0) is 11.4 Å². The first-order valence-corrected chi connectivity index (χ1v) is 11.1. The lowest BCUT2D eigenvalue weighted by Crippen LogP contribution is -2.41. The molecule has 2 atom stereocenters. The number of hydrogen-bond donors (Lipinski definition) is 2. The standard InChI is InChI=1S/C24H21N5O2S/c30-23(25-18-12-6-2-7-13-18)22-21(17-10-4-1-5-11-17)28-29-20(26-27-24(29)32-22)16-31-19-14-8-3-9-15-19/h1-15,21-22,28H,16H2,(H,25,30). The lowest BCUT2D eigenvalue weighted by atomic mass is 10.0. The molecule has 0 saturated heterocycles. The number of fused-ring (bicyclic) bond motifs is 1. The molecule has 1 amide bonds. The number of ether oxygens (including phenoxy) is 1. The van der Waals surface area contributed by atoms with E-state index < -0.39 is 5.25 Å². The van der Waals surface area contributed by atoms with Gasteiger partial charge in [-0.05, 0) is 29.8 Å². The monoisotopic (exact) mass is 443 g/mol. The van der Waals surface area contributed by atoms with E-state index in [-0.39, 0.29) is 18.6 Å². The molecule has 1 aliphatic heterocycles. The molecule has 0 saturated carbocycles. The lowest BCUT2D eigenvalue weighted by molar-refractivity contribution is -0.116. The van der Waals surface area contributed by atoms with Gasteiger partial charge in [0.15, 0.2) is 5.82 Å². The largest absolute Gasteiger partial charge is 0.486 e. The molecule has 3 aromatic carbocycles. The van der Waals surface area contributed by atoms with E-state index in [0.717, 1.165) is 17.0 Å². The van der Waals surface area contributed by atoms with Crippen LogP contribution in [0.15, 0.2) is 96.2 Å². The van der Waals surface area contributed by atoms with E-state index in [4.69, 9.17) is 4.74 Å². The van der Waals surface area contributed by atoms with E-state index in [2.05, 4.69) is 20.9 Å². The van der Waals surface area contributed by atoms with Crippen LogP contribution >= 0.6 is 11.8 Å². The quantitative estimate of drug-likeness (QED) is 0.464. The van der Waals surface area contributed by atoms with Crippen LogP contribution in [0.25, 0.3) is 0 Å². The zero-order valence-corrected chi connectivity index (χ0v) is 17.9. The van der Waals surface area contributed by atoms with Gasteiger partial charge < -0.3 is 15.5 Å². The highest BCUT2D eigenvalue weighted by Gasteiger charge is 2.37. The summed E-state index contributed by atoms with van der Waals surface area (Å²) in [5, 5.41) is 11.8. The number of hydrogen-bond acceptors (Lipinski definition) is 6. The second kappa shape index (κ2) is 9.15. The van der Waals surface area contributed by atoms with E-state index in [1.54, 1.807) is 0 Å². The number of carbonyl (C=O) groups excluding carboxylic acids is 1. The molecule has 32 heavy (non-hydrogen) atoms. The molecule has 1 aromatic heterocycles. The molecule has 0 radical (unpaired) electrons. The Hall–Kier alpha value is -3.78. The van der Waals surface area contributed by atoms with Crippen molar-refractivity contribution < 1.29 is 9.53 Å². The van der Waals surface area contributed by atoms with Crippen LogP contribution in [0.3, 0.4) is 0 Å². The highest BCUT2D eigenvalue weighted by Crippen LogP contribution is 2.37. The van der Waals surface area contributed by atoms with E-state index in [1.165, 1.54) is 11.8 Å². The van der Waals surface area contributed by atoms with Gasteiger partial charge in [-0.15, -0.1) is 10.2 Å². The summed E-state index contributed by atoms with van der Waals surface area (Å²) >= 11 is 1.39. The number of nitrogens with one attached hydrogen (secondary N) is 2. The van der Waals surface area contributed by atoms with Crippen molar-refractivity contribution in [2.75, 3.05) is 10.7 Å². The van der Waals surface area contributed by atoms with Crippen molar-refractivity contribution in [3.05, 3.63) is 102 Å². The second-order valence-corrected chi connectivity index (χ2v) is 8.36. The van der Waals surface area contributed by atoms with Gasteiger partial charge >= 0.3 is 0 Å². The zero-order chi connectivity index (χ0) is 21.8. The van der Waals surface area contributed by atoms with Crippen LogP contribution in [0.2, 0.25) is 0 Å². The maximum Gasteiger partial charge on any atom is 0.240 e. The van der Waals surface area contributed by atoms with E-state index in [0.29, 0.717) is 11.0 Å². The van der Waals surface area contributed by atoms with Crippen molar-refractivity contribution in [1.82, 2.24) is 14.9 Å². The third-order valence-corrected chi connectivity index (χ3v) is 6.29. The summed E-state index contributed by atoms with van der Waals surface area (Å²) in [4.78, 5) is 13.2. The maximum atomic E-state index is 13.2. The minimum absolute atomic E-state index is 0.0983. The van der Waals surface area contributed by atoms with Crippen molar-refractivity contribution in [2.45, 2.75) is 23.1 Å². The summed E-state index contributed by atoms with van der Waals surface area (Å²) in [5.74, 6) is 1.30. The number of benzene rings is 3. The Labute approximate surface area is 189 Å². The first kappa shape index (κ1) is 20.1. The van der Waals surface area contributed by atoms with Gasteiger partial charge in [0.25, 0.3) is 0 Å². The summed E-state index contributed by atoms with van der Waals surface area (Å²) < 4.78 is 7.68. The predicted molar refractivity (Wildman–Crippen MR) is 124 cm³/mol. The molecule has 0 spiro atoms. The van der Waals surface area contributed by atoms with Gasteiger partial charge in [0, 0.05) is 5.69 Å². The fraction of sp³-hybridized carbons (Fsp3) is 0.125. The molecular weight excluding hydrogens is 422 g/mol. The number of nitrogens with zero attached hydrogens (tertiary/aromatic N) is 3. The highest BCUT2D eigenvalue weighted by atomic mass is 32.2. The molecule has 2 N–H and O–H groups in total. The molecule has 160 valence electrons. The van der Waals surface area contributed by atoms with Crippen molar-refractivity contribution in [2.24, 2.45) is 0 Å². The van der Waals surface area contributed by atoms with Crippen LogP contribution in [0.4, 0.5) is 5.69 Å². The van der Waals surface area contributed by atoms with Crippen molar-refractivity contribution >= 4 is 23.4 Å². The second-order valence-electron chi connectivity index (χ2n) is 7.25. The Morgan fingerprint density at radius 2 is 1.59 bits per heavy atom. The Balaban J connectivity index is 1.41. The summed E-state index contributed by atoms with van der Waals surface area (Å²) in [6.45, 7) is 0.257. The zero-order valence-electron chi connectivity index (χ0n) is 17.1. The van der Waals surface area contributed by atoms with Gasteiger partial charge in [-0.3, -0.25) is 4.79 Å². The Morgan fingerprint density at radius 1 is 0.938 bits per heavy atom. The Morgan fingerprint density at radius 3 is 2.31 bits per heavy atom. The molecule has 0 fully saturated rings. The first-order valence-electron chi connectivity index (χ1n) is 10.2. The number of aromatic nitrogens is 3. The fourth-order valence-corrected chi connectivity index (χ4v) is 4.60. The van der Waals surface area contributed by atoms with Crippen molar-refractivity contribution in [3.63, 3.8) is 0 Å². The van der Waals surface area contributed by atoms with Gasteiger partial charge in [-0.2, -0.15) is 0 Å². The Bertz CT molecular complexity index is 1190. The molecular formula is C24H21N5O2S. The average Bonchev–Trinajstić information content (AvgIpc) is 3.26. The van der Waals surface area contributed by atoms with Crippen LogP contribution in [0, 0.1) is 0 Å². The molecule has 0 aliphatic carbocycles. The molecule has 8 heteroatoms. The molecule has 7 nitrogen and oxygen atoms in total. The van der Waals surface area contributed by atoms with Crippen LogP contribution in [-0.4, -0.2) is 26.0 Å². The van der Waals surface area contributed by atoms with Gasteiger partial charge in [0.2, 0.25) is 11.1 Å². The summed E-state index contributed by atoms with van der Waals surface area (Å²) in [7, 11) is 0. The number of thioether (sulfide) groups is 1. The molecule has 2 unspecified atom stereocenters. The number of para-hydroxylation sites is 2. The maximum absolute atomic E-state index is 13.2. The van der Waals surface area contributed by atoms with Gasteiger partial charge in [0.1, 0.15) is 17.6 Å². The summed E-state index contributed by atoms with van der Waals surface area (Å²) in [6.07, 6.45) is 0. The molecule has 0 bridgehead atoms. The molecule has 1 aliphatic rings. The normalized spacial score (nSPS) is 17.1. The number of rotatable bonds is 6. The molecule has 4 aromatic rings. The summed E-state index contributed by atoms with van der Waals surface area (Å²) in [6, 6.07) is 28.7. The minimum atomic E-state index is -0.433. The SMILES string of the molecule is O=C(Nc1ccccc1)C1Sc2nnc(COc3ccccc3)n2NC1c1ccccc1. The Kier molecular flexibility index (Phi) is 5.76. The smallest absolute Gasteiger partial charge is 0.240 e. The van der Waals surface area contributed by atoms with Crippen LogP contribution in [0.1, 0.15) is 17.4 Å². The van der Waals surface area contributed by atoms with Gasteiger partial charge in [-0.1, -0.05) is 78.5 Å². The van der Waals surface area contributed by atoms with Gasteiger partial charge in [0.05, 0.1) is 6.04 Å². The van der Waals surface area contributed by atoms with E-state index in [9.17, 15) is 4.79 Å². The van der Waals surface area contributed by atoms with Gasteiger partial charge in [-0.25, -0.2) is 4.68 Å². The molecule has 2 heterocycles. The van der Waals surface area contributed by atoms with Crippen molar-refractivity contribution in [1.29, 1.82) is 0 Å². The van der Waals surface area contributed by atoms with E-state index in [1.807, 2.05) is 95.7 Å². The number of anilines is 1.